The summed E-state index contributed by atoms with van der Waals surface area (Å²) in [5.74, 6) is 0.518. The van der Waals surface area contributed by atoms with Crippen LogP contribution in [0.25, 0.3) is 0 Å². The van der Waals surface area contributed by atoms with Crippen molar-refractivity contribution in [2.24, 2.45) is 5.41 Å². The molecule has 0 saturated heterocycles. The first kappa shape index (κ1) is 11.5. The largest absolute Gasteiger partial charge is 0.229 e. The fraction of sp³-hybridized carbons (Fsp3) is 0.900. The zero-order valence-electron chi connectivity index (χ0n) is 8.62. The van der Waals surface area contributed by atoms with Crippen LogP contribution in [-0.2, 0) is 9.84 Å². The molecule has 14 heavy (non-hydrogen) atoms. The number of rotatable bonds is 6. The highest BCUT2D eigenvalue weighted by molar-refractivity contribution is 7.91. The molecule has 0 aromatic heterocycles. The van der Waals surface area contributed by atoms with E-state index in [1.165, 1.54) is 0 Å². The second-order valence-corrected chi connectivity index (χ2v) is 6.46. The van der Waals surface area contributed by atoms with Gasteiger partial charge in [-0.15, -0.1) is 0 Å². The van der Waals surface area contributed by atoms with Crippen LogP contribution in [0.15, 0.2) is 0 Å². The highest BCUT2D eigenvalue weighted by Gasteiger charge is 2.45. The lowest BCUT2D eigenvalue weighted by Gasteiger charge is -2.10. The maximum atomic E-state index is 11.6. The topological polar surface area (TPSA) is 57.9 Å². The first-order chi connectivity index (χ1) is 6.54. The summed E-state index contributed by atoms with van der Waals surface area (Å²) in [5.41, 5.74) is -0.165. The average molecular weight is 215 g/mol. The molecule has 80 valence electrons. The molecule has 1 aliphatic rings. The van der Waals surface area contributed by atoms with Crippen LogP contribution in [-0.4, -0.2) is 19.9 Å². The normalized spacial score (nSPS) is 18.9. The minimum atomic E-state index is -2.91. The fourth-order valence-corrected chi connectivity index (χ4v) is 3.82. The van der Waals surface area contributed by atoms with Crippen molar-refractivity contribution in [1.82, 2.24) is 0 Å². The van der Waals surface area contributed by atoms with Crippen LogP contribution in [0.5, 0.6) is 0 Å². The van der Waals surface area contributed by atoms with Crippen molar-refractivity contribution in [3.8, 4) is 6.07 Å². The standard InChI is InChI=1S/C10H17NO2S/c1-2-3-8-14(12,13)9-10(4-5-10)6-7-11/h2-6,8-9H2,1H3. The van der Waals surface area contributed by atoms with E-state index in [-0.39, 0.29) is 16.9 Å². The van der Waals surface area contributed by atoms with Crippen LogP contribution in [0.1, 0.15) is 39.0 Å². The number of nitrogens with zero attached hydrogens (tertiary/aromatic N) is 1. The molecule has 0 aromatic rings. The van der Waals surface area contributed by atoms with Crippen LogP contribution < -0.4 is 0 Å². The maximum Gasteiger partial charge on any atom is 0.150 e. The maximum absolute atomic E-state index is 11.6. The van der Waals surface area contributed by atoms with Gasteiger partial charge in [0.15, 0.2) is 9.84 Å². The molecule has 1 aliphatic carbocycles. The van der Waals surface area contributed by atoms with Crippen LogP contribution >= 0.6 is 0 Å². The monoisotopic (exact) mass is 215 g/mol. The molecule has 0 amide bonds. The predicted octanol–water partition coefficient (Wildman–Crippen LogP) is 1.90. The number of unbranched alkanes of at least 4 members (excludes halogenated alkanes) is 1. The number of hydrogen-bond acceptors (Lipinski definition) is 3. The Morgan fingerprint density at radius 1 is 1.43 bits per heavy atom. The van der Waals surface area contributed by atoms with Crippen molar-refractivity contribution in [2.75, 3.05) is 11.5 Å². The van der Waals surface area contributed by atoms with Crippen molar-refractivity contribution in [3.05, 3.63) is 0 Å². The second-order valence-electron chi connectivity index (χ2n) is 4.28. The Balaban J connectivity index is 2.47. The molecule has 1 rings (SSSR count). The first-order valence-corrected chi connectivity index (χ1v) is 6.93. The second kappa shape index (κ2) is 4.31. The van der Waals surface area contributed by atoms with Gasteiger partial charge in [-0.2, -0.15) is 5.26 Å². The molecule has 1 fully saturated rings. The number of hydrogen-bond donors (Lipinski definition) is 0. The smallest absolute Gasteiger partial charge is 0.150 e. The zero-order chi connectivity index (χ0) is 10.7. The summed E-state index contributed by atoms with van der Waals surface area (Å²) in [4.78, 5) is 0. The molecule has 0 atom stereocenters. The fourth-order valence-electron chi connectivity index (χ4n) is 1.62. The minimum absolute atomic E-state index is 0.165. The van der Waals surface area contributed by atoms with E-state index in [1.807, 2.05) is 6.92 Å². The molecular weight excluding hydrogens is 198 g/mol. The van der Waals surface area contributed by atoms with E-state index in [9.17, 15) is 8.42 Å². The van der Waals surface area contributed by atoms with Gasteiger partial charge in [-0.05, 0) is 24.7 Å². The minimum Gasteiger partial charge on any atom is -0.229 e. The third kappa shape index (κ3) is 3.30. The Bertz CT molecular complexity index is 323. The lowest BCUT2D eigenvalue weighted by molar-refractivity contribution is 0.546. The molecular formula is C10H17NO2S. The van der Waals surface area contributed by atoms with Gasteiger partial charge < -0.3 is 0 Å². The molecule has 1 saturated carbocycles. The van der Waals surface area contributed by atoms with E-state index in [2.05, 4.69) is 6.07 Å². The van der Waals surface area contributed by atoms with Gasteiger partial charge >= 0.3 is 0 Å². The predicted molar refractivity (Wildman–Crippen MR) is 55.5 cm³/mol. The molecule has 0 aliphatic heterocycles. The van der Waals surface area contributed by atoms with E-state index in [0.29, 0.717) is 6.42 Å². The first-order valence-electron chi connectivity index (χ1n) is 5.11. The molecule has 3 nitrogen and oxygen atoms in total. The third-order valence-corrected chi connectivity index (χ3v) is 4.71. The Morgan fingerprint density at radius 2 is 2.07 bits per heavy atom. The number of nitriles is 1. The van der Waals surface area contributed by atoms with Crippen molar-refractivity contribution in [3.63, 3.8) is 0 Å². The molecule has 0 heterocycles. The van der Waals surface area contributed by atoms with Gasteiger partial charge in [0.2, 0.25) is 0 Å². The van der Waals surface area contributed by atoms with E-state index < -0.39 is 9.84 Å². The molecule has 0 spiro atoms. The Morgan fingerprint density at radius 3 is 2.50 bits per heavy atom. The lowest BCUT2D eigenvalue weighted by Crippen LogP contribution is -2.19. The summed E-state index contributed by atoms with van der Waals surface area (Å²) >= 11 is 0. The SMILES string of the molecule is CCCCS(=O)(=O)CC1(CC#N)CC1. The summed E-state index contributed by atoms with van der Waals surface area (Å²) < 4.78 is 23.2. The van der Waals surface area contributed by atoms with E-state index in [1.54, 1.807) is 0 Å². The van der Waals surface area contributed by atoms with Crippen molar-refractivity contribution >= 4 is 9.84 Å². The van der Waals surface area contributed by atoms with Gasteiger partial charge in [0.1, 0.15) is 0 Å². The van der Waals surface area contributed by atoms with Crippen LogP contribution in [0.3, 0.4) is 0 Å². The highest BCUT2D eigenvalue weighted by atomic mass is 32.2. The summed E-state index contributed by atoms with van der Waals surface area (Å²) in [6, 6.07) is 2.08. The quantitative estimate of drug-likeness (QED) is 0.680. The van der Waals surface area contributed by atoms with Gasteiger partial charge in [-0.3, -0.25) is 0 Å². The van der Waals surface area contributed by atoms with Gasteiger partial charge in [-0.1, -0.05) is 13.3 Å². The zero-order valence-corrected chi connectivity index (χ0v) is 9.44. The molecule has 0 radical (unpaired) electrons. The van der Waals surface area contributed by atoms with Crippen LogP contribution in [0.4, 0.5) is 0 Å². The average Bonchev–Trinajstić information content (AvgIpc) is 2.81. The summed E-state index contributed by atoms with van der Waals surface area (Å²) in [6.45, 7) is 1.98. The van der Waals surface area contributed by atoms with Gasteiger partial charge in [0.05, 0.1) is 17.6 Å². The Labute approximate surface area is 86.0 Å². The Hall–Kier alpha value is -0.560. The molecule has 0 unspecified atom stereocenters. The van der Waals surface area contributed by atoms with E-state index in [4.69, 9.17) is 5.26 Å². The van der Waals surface area contributed by atoms with Crippen molar-refractivity contribution < 1.29 is 8.42 Å². The van der Waals surface area contributed by atoms with Crippen LogP contribution in [0, 0.1) is 16.7 Å². The Kier molecular flexibility index (Phi) is 3.54. The van der Waals surface area contributed by atoms with E-state index in [0.717, 1.165) is 25.7 Å². The molecule has 0 bridgehead atoms. The van der Waals surface area contributed by atoms with Gasteiger partial charge in [-0.25, -0.2) is 8.42 Å². The summed E-state index contributed by atoms with van der Waals surface area (Å²) in [7, 11) is -2.91. The molecule has 0 aromatic carbocycles. The van der Waals surface area contributed by atoms with Gasteiger partial charge in [0.25, 0.3) is 0 Å². The third-order valence-electron chi connectivity index (χ3n) is 2.75. The summed E-state index contributed by atoms with van der Waals surface area (Å²) in [5, 5.41) is 8.57. The highest BCUT2D eigenvalue weighted by Crippen LogP contribution is 2.49. The number of sulfone groups is 1. The van der Waals surface area contributed by atoms with E-state index >= 15 is 0 Å². The van der Waals surface area contributed by atoms with Gasteiger partial charge in [0, 0.05) is 6.42 Å². The van der Waals surface area contributed by atoms with Crippen molar-refractivity contribution in [1.29, 1.82) is 5.26 Å². The van der Waals surface area contributed by atoms with Crippen molar-refractivity contribution in [2.45, 2.75) is 39.0 Å². The molecule has 0 N–H and O–H groups in total. The van der Waals surface area contributed by atoms with Crippen LogP contribution in [0.2, 0.25) is 0 Å². The molecule has 4 heteroatoms. The lowest BCUT2D eigenvalue weighted by atomic mass is 10.1. The summed E-state index contributed by atoms with van der Waals surface area (Å²) in [6.07, 6.45) is 3.87.